The van der Waals surface area contributed by atoms with Crippen LogP contribution in [0.4, 0.5) is 0 Å². The first-order valence-corrected chi connectivity index (χ1v) is 19.4. The van der Waals surface area contributed by atoms with Crippen LogP contribution in [-0.4, -0.2) is 59.7 Å². The summed E-state index contributed by atoms with van der Waals surface area (Å²) in [6, 6.07) is 26.8. The average molecular weight is 669 g/mol. The van der Waals surface area contributed by atoms with Gasteiger partial charge in [-0.2, -0.15) is 4.31 Å². The third-order valence-electron chi connectivity index (χ3n) is 9.05. The second-order valence-electron chi connectivity index (χ2n) is 13.4. The molecule has 47 heavy (non-hydrogen) atoms. The third kappa shape index (κ3) is 7.01. The van der Waals surface area contributed by atoms with Gasteiger partial charge < -0.3 is 9.78 Å². The lowest BCUT2D eigenvalue weighted by molar-refractivity contribution is -0.123. The van der Waals surface area contributed by atoms with E-state index in [0.29, 0.717) is 12.8 Å². The number of H-pyrrole nitrogens is 1. The van der Waals surface area contributed by atoms with Gasteiger partial charge in [0.15, 0.2) is 5.78 Å². The number of sulfonamides is 1. The number of benzene rings is 3. The van der Waals surface area contributed by atoms with Crippen LogP contribution < -0.4 is 10.4 Å². The number of nitrogens with zero attached hydrogens (tertiary/aromatic N) is 3. The zero-order chi connectivity index (χ0) is 34.0. The number of aromatic nitrogens is 3. The Morgan fingerprint density at radius 3 is 2.06 bits per heavy atom. The number of likely N-dealkylation sites (N-methyl/N-ethyl adjacent to an activating group) is 1. The minimum Gasteiger partial charge on any atom is -0.424 e. The standard InChI is InChI=1S/C37H44N4O4SSi/c1-26(2)23-34(35(42)25-37(4,5)47(45,30-13-9-7-10-14-30)31-15-11-8-12-16-31)41(6)46(43,44)29-19-17-28(18-20-29)24-33-36-32(21-22-38-33)39-27(3)40-36/h7-22,26,34,45H,23-25H2,1-6H3,(H,39,40)/t34-/m0/s1. The average Bonchev–Trinajstić information content (AvgIpc) is 3.44. The number of Topliss-reactive ketones (excluding diaryl/α,β-unsaturated/α-hetero) is 1. The number of pyridine rings is 1. The number of hydrogen-bond acceptors (Lipinski definition) is 6. The van der Waals surface area contributed by atoms with Crippen molar-refractivity contribution in [1.82, 2.24) is 19.3 Å². The van der Waals surface area contributed by atoms with E-state index < -0.39 is 29.4 Å². The van der Waals surface area contributed by atoms with Gasteiger partial charge in [-0.3, -0.25) is 9.78 Å². The number of fused-ring (bicyclic) bond motifs is 1. The highest BCUT2D eigenvalue weighted by molar-refractivity contribution is 7.89. The van der Waals surface area contributed by atoms with E-state index in [2.05, 4.69) is 15.0 Å². The number of imidazole rings is 1. The zero-order valence-corrected chi connectivity index (χ0v) is 29.8. The Bertz CT molecular complexity index is 1900. The van der Waals surface area contributed by atoms with Gasteiger partial charge in [-0.1, -0.05) is 100 Å². The van der Waals surface area contributed by atoms with Crippen molar-refractivity contribution in [1.29, 1.82) is 0 Å². The molecule has 0 aliphatic heterocycles. The Morgan fingerprint density at radius 2 is 1.51 bits per heavy atom. The second kappa shape index (κ2) is 13.6. The highest BCUT2D eigenvalue weighted by atomic mass is 32.2. The van der Waals surface area contributed by atoms with Crippen LogP contribution in [-0.2, 0) is 21.2 Å². The molecule has 0 saturated heterocycles. The number of aryl methyl sites for hydroxylation is 1. The van der Waals surface area contributed by atoms with Crippen molar-refractivity contribution in [2.24, 2.45) is 5.92 Å². The molecule has 0 bridgehead atoms. The van der Waals surface area contributed by atoms with Gasteiger partial charge in [0.25, 0.3) is 8.32 Å². The quantitative estimate of drug-likeness (QED) is 0.163. The number of rotatable bonds is 13. The molecule has 0 aliphatic carbocycles. The molecule has 246 valence electrons. The van der Waals surface area contributed by atoms with Crippen LogP contribution in [0, 0.1) is 12.8 Å². The van der Waals surface area contributed by atoms with E-state index in [4.69, 9.17) is 0 Å². The van der Waals surface area contributed by atoms with E-state index in [1.807, 2.05) is 101 Å². The van der Waals surface area contributed by atoms with Crippen LogP contribution >= 0.6 is 0 Å². The number of carbonyl (C=O) groups is 1. The first kappa shape index (κ1) is 34.4. The highest BCUT2D eigenvalue weighted by Crippen LogP contribution is 2.40. The number of aromatic amines is 1. The summed E-state index contributed by atoms with van der Waals surface area (Å²) in [6.45, 7) is 9.71. The summed E-state index contributed by atoms with van der Waals surface area (Å²) in [5.41, 5.74) is 3.41. The van der Waals surface area contributed by atoms with E-state index >= 15 is 0 Å². The van der Waals surface area contributed by atoms with Crippen molar-refractivity contribution in [2.75, 3.05) is 7.05 Å². The predicted octanol–water partition coefficient (Wildman–Crippen LogP) is 5.38. The molecular formula is C37H44N4O4SSi. The van der Waals surface area contributed by atoms with E-state index in [9.17, 15) is 18.0 Å². The van der Waals surface area contributed by atoms with Crippen molar-refractivity contribution in [3.8, 4) is 0 Å². The predicted molar refractivity (Wildman–Crippen MR) is 190 cm³/mol. The molecule has 0 spiro atoms. The van der Waals surface area contributed by atoms with E-state index in [0.717, 1.165) is 38.5 Å². The Kier molecular flexibility index (Phi) is 9.98. The fraction of sp³-hybridized carbons (Fsp3) is 0.324. The number of ketones is 1. The fourth-order valence-electron chi connectivity index (χ4n) is 6.47. The monoisotopic (exact) mass is 668 g/mol. The van der Waals surface area contributed by atoms with Crippen molar-refractivity contribution in [3.05, 3.63) is 114 Å². The molecule has 0 amide bonds. The van der Waals surface area contributed by atoms with Crippen LogP contribution in [0.5, 0.6) is 0 Å². The maximum atomic E-state index is 14.3. The SMILES string of the molecule is Cc1nc2c(Cc3ccc(S(=O)(=O)N(C)[C@@H](CC(C)C)C(=O)CC(C)(C)[Si](O)(c4ccccc4)c4ccccc4)cc3)nccc2[nH]1. The van der Waals surface area contributed by atoms with Crippen molar-refractivity contribution >= 4 is 45.5 Å². The first-order valence-electron chi connectivity index (χ1n) is 16.0. The van der Waals surface area contributed by atoms with Crippen LogP contribution in [0.2, 0.25) is 5.04 Å². The molecular weight excluding hydrogens is 625 g/mol. The van der Waals surface area contributed by atoms with Crippen molar-refractivity contribution in [2.45, 2.75) is 69.9 Å². The Morgan fingerprint density at radius 1 is 0.936 bits per heavy atom. The van der Waals surface area contributed by atoms with Crippen LogP contribution in [0.1, 0.15) is 57.6 Å². The lowest BCUT2D eigenvalue weighted by Gasteiger charge is -2.42. The third-order valence-corrected chi connectivity index (χ3v) is 15.4. The van der Waals surface area contributed by atoms with Gasteiger partial charge in [0.1, 0.15) is 11.3 Å². The smallest absolute Gasteiger partial charge is 0.258 e. The molecule has 0 aliphatic rings. The maximum Gasteiger partial charge on any atom is 0.258 e. The van der Waals surface area contributed by atoms with Crippen molar-refractivity contribution in [3.63, 3.8) is 0 Å². The molecule has 8 nitrogen and oxygen atoms in total. The first-order chi connectivity index (χ1) is 22.2. The van der Waals surface area contributed by atoms with Gasteiger partial charge in [-0.25, -0.2) is 13.4 Å². The minimum absolute atomic E-state index is 0.0148. The summed E-state index contributed by atoms with van der Waals surface area (Å²) in [5, 5.41) is 0.761. The number of carbonyl (C=O) groups excluding carboxylic acids is 1. The van der Waals surface area contributed by atoms with E-state index in [1.165, 1.54) is 11.4 Å². The topological polar surface area (TPSA) is 116 Å². The van der Waals surface area contributed by atoms with Gasteiger partial charge in [0.05, 0.1) is 22.1 Å². The minimum atomic E-state index is -4.02. The van der Waals surface area contributed by atoms with Gasteiger partial charge in [-0.05, 0) is 58.4 Å². The molecule has 0 radical (unpaired) electrons. The van der Waals surface area contributed by atoms with Crippen molar-refractivity contribution < 1.29 is 18.0 Å². The summed E-state index contributed by atoms with van der Waals surface area (Å²) in [7, 11) is -6.00. The summed E-state index contributed by atoms with van der Waals surface area (Å²) >= 11 is 0. The van der Waals surface area contributed by atoms with Crippen LogP contribution in [0.3, 0.4) is 0 Å². The summed E-state index contributed by atoms with van der Waals surface area (Å²) < 4.78 is 29.3. The zero-order valence-electron chi connectivity index (χ0n) is 27.9. The molecule has 5 aromatic rings. The summed E-state index contributed by atoms with van der Waals surface area (Å²) in [6.07, 6.45) is 2.61. The molecule has 3 aromatic carbocycles. The Hall–Kier alpha value is -3.96. The molecule has 0 saturated carbocycles. The Balaban J connectivity index is 1.41. The second-order valence-corrected chi connectivity index (χ2v) is 19.4. The molecule has 2 N–H and O–H groups in total. The lowest BCUT2D eigenvalue weighted by Crippen LogP contribution is -2.66. The summed E-state index contributed by atoms with van der Waals surface area (Å²) in [5.74, 6) is 0.657. The highest BCUT2D eigenvalue weighted by Gasteiger charge is 2.51. The van der Waals surface area contributed by atoms with Gasteiger partial charge in [0.2, 0.25) is 10.0 Å². The molecule has 2 aromatic heterocycles. The molecule has 1 atom stereocenters. The maximum absolute atomic E-state index is 14.3. The molecule has 10 heteroatoms. The number of hydrogen-bond donors (Lipinski definition) is 2. The summed E-state index contributed by atoms with van der Waals surface area (Å²) in [4.78, 5) is 39.3. The molecule has 2 heterocycles. The number of nitrogens with one attached hydrogen (secondary N) is 1. The van der Waals surface area contributed by atoms with Gasteiger partial charge >= 0.3 is 0 Å². The molecule has 0 unspecified atom stereocenters. The Labute approximate surface area is 279 Å². The molecule has 5 rings (SSSR count). The molecule has 0 fully saturated rings. The fourth-order valence-corrected chi connectivity index (χ4v) is 11.5. The van der Waals surface area contributed by atoms with Gasteiger partial charge in [0, 0.05) is 26.1 Å². The van der Waals surface area contributed by atoms with Crippen LogP contribution in [0.15, 0.2) is 102 Å². The normalized spacial score (nSPS) is 13.4. The van der Waals surface area contributed by atoms with E-state index in [-0.39, 0.29) is 23.0 Å². The largest absolute Gasteiger partial charge is 0.424 e. The van der Waals surface area contributed by atoms with Crippen LogP contribution in [0.25, 0.3) is 11.0 Å². The van der Waals surface area contributed by atoms with E-state index in [1.54, 1.807) is 30.5 Å². The lowest BCUT2D eigenvalue weighted by atomic mass is 9.94. The van der Waals surface area contributed by atoms with Gasteiger partial charge in [-0.15, -0.1) is 0 Å².